The van der Waals surface area contributed by atoms with Crippen LogP contribution >= 0.6 is 15.9 Å². The summed E-state index contributed by atoms with van der Waals surface area (Å²) in [6, 6.07) is 9.16. The maximum atomic E-state index is 14.9. The maximum Gasteiger partial charge on any atom is 0.225 e. The van der Waals surface area contributed by atoms with Crippen LogP contribution in [0.2, 0.25) is 0 Å². The topological polar surface area (TPSA) is 54.2 Å². The van der Waals surface area contributed by atoms with Gasteiger partial charge in [0.15, 0.2) is 5.67 Å². The van der Waals surface area contributed by atoms with E-state index in [1.165, 1.54) is 0 Å². The van der Waals surface area contributed by atoms with Gasteiger partial charge in [-0.3, -0.25) is 0 Å². The largest absolute Gasteiger partial charge is 0.389 e. The first-order chi connectivity index (χ1) is 10.3. The van der Waals surface area contributed by atoms with Crippen molar-refractivity contribution in [3.8, 4) is 0 Å². The molecule has 1 aliphatic rings. The van der Waals surface area contributed by atoms with E-state index < -0.39 is 11.3 Å². The molecular weight excluding hydrogens is 351 g/mol. The number of hydrogen-bond donors (Lipinski definition) is 1. The zero-order valence-corrected chi connectivity index (χ0v) is 14.1. The lowest BCUT2D eigenvalue weighted by Crippen LogP contribution is -2.58. The minimum Gasteiger partial charge on any atom is -0.389 e. The molecule has 2 heterocycles. The molecule has 0 amide bonds. The Morgan fingerprint density at radius 2 is 1.95 bits per heavy atom. The van der Waals surface area contributed by atoms with Gasteiger partial charge in [0, 0.05) is 0 Å². The zero-order valence-electron chi connectivity index (χ0n) is 12.5. The Morgan fingerprint density at radius 3 is 2.55 bits per heavy atom. The van der Waals surface area contributed by atoms with E-state index in [1.807, 2.05) is 23.1 Å². The standard InChI is InChI=1S/C15H18BrFN4O/c1-14(2,22)8-21-13(18-12(16)19-21)20-9-15(17,10-20)11-6-4-3-5-7-11/h3-7,22H,8-10H2,1-2H3. The van der Waals surface area contributed by atoms with Gasteiger partial charge < -0.3 is 10.0 Å². The summed E-state index contributed by atoms with van der Waals surface area (Å²) in [5.74, 6) is 0.568. The van der Waals surface area contributed by atoms with Crippen molar-refractivity contribution in [1.82, 2.24) is 14.8 Å². The molecular formula is C15H18BrFN4O. The van der Waals surface area contributed by atoms with E-state index in [-0.39, 0.29) is 13.1 Å². The molecule has 0 radical (unpaired) electrons. The lowest BCUT2D eigenvalue weighted by molar-refractivity contribution is 0.0566. The van der Waals surface area contributed by atoms with E-state index in [9.17, 15) is 9.50 Å². The average molecular weight is 369 g/mol. The van der Waals surface area contributed by atoms with E-state index in [0.717, 1.165) is 0 Å². The van der Waals surface area contributed by atoms with Crippen molar-refractivity contribution < 1.29 is 9.50 Å². The molecule has 2 aromatic rings. The van der Waals surface area contributed by atoms with Crippen molar-refractivity contribution in [1.29, 1.82) is 0 Å². The van der Waals surface area contributed by atoms with E-state index in [4.69, 9.17) is 0 Å². The SMILES string of the molecule is CC(C)(O)Cn1nc(Br)nc1N1CC(F)(c2ccccc2)C1. The number of anilines is 1. The summed E-state index contributed by atoms with van der Waals surface area (Å²) in [5, 5.41) is 14.2. The molecule has 0 spiro atoms. The second kappa shape index (κ2) is 5.31. The van der Waals surface area contributed by atoms with Gasteiger partial charge in [0.25, 0.3) is 0 Å². The molecule has 1 aliphatic heterocycles. The van der Waals surface area contributed by atoms with Crippen molar-refractivity contribution >= 4 is 21.9 Å². The van der Waals surface area contributed by atoms with Crippen molar-refractivity contribution in [3.63, 3.8) is 0 Å². The first kappa shape index (κ1) is 15.4. The molecule has 7 heteroatoms. The Hall–Kier alpha value is -1.47. The number of aliphatic hydroxyl groups is 1. The quantitative estimate of drug-likeness (QED) is 0.900. The fourth-order valence-corrected chi connectivity index (χ4v) is 2.98. The molecule has 0 saturated carbocycles. The van der Waals surface area contributed by atoms with Crippen molar-refractivity contribution in [2.24, 2.45) is 0 Å². The highest BCUT2D eigenvalue weighted by Crippen LogP contribution is 2.38. The molecule has 3 rings (SSSR count). The normalized spacial score (nSPS) is 17.4. The summed E-state index contributed by atoms with van der Waals surface area (Å²) < 4.78 is 16.9. The van der Waals surface area contributed by atoms with Crippen molar-refractivity contribution in [3.05, 3.63) is 40.6 Å². The van der Waals surface area contributed by atoms with Crippen LogP contribution in [0.1, 0.15) is 19.4 Å². The van der Waals surface area contributed by atoms with Crippen LogP contribution in [-0.2, 0) is 12.2 Å². The minimum atomic E-state index is -1.36. The van der Waals surface area contributed by atoms with Crippen LogP contribution in [0, 0.1) is 0 Å². The molecule has 0 aliphatic carbocycles. The van der Waals surface area contributed by atoms with Crippen molar-refractivity contribution in [2.45, 2.75) is 31.7 Å². The fourth-order valence-electron chi connectivity index (χ4n) is 2.63. The van der Waals surface area contributed by atoms with Crippen LogP contribution in [0.25, 0.3) is 0 Å². The smallest absolute Gasteiger partial charge is 0.225 e. The van der Waals surface area contributed by atoms with Gasteiger partial charge >= 0.3 is 0 Å². The van der Waals surface area contributed by atoms with Crippen LogP contribution in [0.3, 0.4) is 0 Å². The fraction of sp³-hybridized carbons (Fsp3) is 0.467. The molecule has 1 N–H and O–H groups in total. The molecule has 0 bridgehead atoms. The van der Waals surface area contributed by atoms with E-state index in [0.29, 0.717) is 22.8 Å². The molecule has 1 saturated heterocycles. The molecule has 5 nitrogen and oxygen atoms in total. The molecule has 1 aromatic heterocycles. The maximum absolute atomic E-state index is 14.9. The van der Waals surface area contributed by atoms with Gasteiger partial charge in [-0.25, -0.2) is 9.07 Å². The molecule has 1 fully saturated rings. The third-order valence-corrected chi connectivity index (χ3v) is 3.96. The first-order valence-electron chi connectivity index (χ1n) is 7.09. The van der Waals surface area contributed by atoms with Crippen LogP contribution in [0.4, 0.5) is 10.3 Å². The van der Waals surface area contributed by atoms with Crippen LogP contribution in [-0.4, -0.2) is 38.6 Å². The molecule has 1 aromatic carbocycles. The summed E-state index contributed by atoms with van der Waals surface area (Å²) in [4.78, 5) is 6.12. The van der Waals surface area contributed by atoms with Gasteiger partial charge in [-0.2, -0.15) is 4.98 Å². The summed E-state index contributed by atoms with van der Waals surface area (Å²) in [5.41, 5.74) is -1.60. The number of benzene rings is 1. The lowest BCUT2D eigenvalue weighted by Gasteiger charge is -2.45. The molecule has 0 atom stereocenters. The number of halogens is 2. The predicted molar refractivity (Wildman–Crippen MR) is 85.5 cm³/mol. The van der Waals surface area contributed by atoms with Gasteiger partial charge in [-0.1, -0.05) is 30.3 Å². The Bertz CT molecular complexity index is 662. The van der Waals surface area contributed by atoms with E-state index in [1.54, 1.807) is 30.7 Å². The summed E-state index contributed by atoms with van der Waals surface area (Å²) in [7, 11) is 0. The lowest BCUT2D eigenvalue weighted by atomic mass is 9.88. The number of rotatable bonds is 4. The van der Waals surface area contributed by atoms with Gasteiger partial charge in [0.2, 0.25) is 10.7 Å². The Kier molecular flexibility index (Phi) is 3.72. The third kappa shape index (κ3) is 3.01. The summed E-state index contributed by atoms with van der Waals surface area (Å²) >= 11 is 3.24. The predicted octanol–water partition coefficient (Wildman–Crippen LogP) is 2.50. The van der Waals surface area contributed by atoms with Crippen molar-refractivity contribution in [2.75, 3.05) is 18.0 Å². The van der Waals surface area contributed by atoms with Gasteiger partial charge in [-0.15, -0.1) is 5.10 Å². The van der Waals surface area contributed by atoms with E-state index in [2.05, 4.69) is 26.0 Å². The summed E-state index contributed by atoms with van der Waals surface area (Å²) in [6.07, 6.45) is 0. The minimum absolute atomic E-state index is 0.230. The molecule has 0 unspecified atom stereocenters. The number of nitrogens with zero attached hydrogens (tertiary/aromatic N) is 4. The Morgan fingerprint density at radius 1 is 1.32 bits per heavy atom. The number of hydrogen-bond acceptors (Lipinski definition) is 4. The highest BCUT2D eigenvalue weighted by Gasteiger charge is 2.46. The van der Waals surface area contributed by atoms with E-state index >= 15 is 0 Å². The van der Waals surface area contributed by atoms with Gasteiger partial charge in [0.05, 0.1) is 25.2 Å². The van der Waals surface area contributed by atoms with Gasteiger partial charge in [0.1, 0.15) is 0 Å². The number of aromatic nitrogens is 3. The monoisotopic (exact) mass is 368 g/mol. The zero-order chi connectivity index (χ0) is 16.0. The van der Waals surface area contributed by atoms with Crippen LogP contribution in [0.5, 0.6) is 0 Å². The van der Waals surface area contributed by atoms with Crippen LogP contribution < -0.4 is 4.90 Å². The molecule has 22 heavy (non-hydrogen) atoms. The first-order valence-corrected chi connectivity index (χ1v) is 7.88. The van der Waals surface area contributed by atoms with Gasteiger partial charge in [-0.05, 0) is 35.3 Å². The Balaban J connectivity index is 1.78. The Labute approximate surface area is 136 Å². The highest BCUT2D eigenvalue weighted by atomic mass is 79.9. The average Bonchev–Trinajstić information content (AvgIpc) is 2.74. The third-order valence-electron chi connectivity index (χ3n) is 3.62. The second-order valence-corrected chi connectivity index (χ2v) is 7.05. The highest BCUT2D eigenvalue weighted by molar-refractivity contribution is 9.10. The molecule has 118 valence electrons. The number of alkyl halides is 1. The summed E-state index contributed by atoms with van der Waals surface area (Å²) in [6.45, 7) is 4.15. The van der Waals surface area contributed by atoms with Crippen LogP contribution in [0.15, 0.2) is 35.1 Å². The second-order valence-electron chi connectivity index (χ2n) is 6.34.